The maximum Gasteiger partial charge on any atom is 0.417 e. The zero-order valence-electron chi connectivity index (χ0n) is 13.5. The van der Waals surface area contributed by atoms with Crippen LogP contribution in [0.25, 0.3) is 11.6 Å². The Bertz CT molecular complexity index is 987. The first kappa shape index (κ1) is 19.9. The third-order valence-corrected chi connectivity index (χ3v) is 3.65. The molecule has 0 unspecified atom stereocenters. The molecule has 0 bridgehead atoms. The molecule has 148 valence electrons. The molecule has 28 heavy (non-hydrogen) atoms. The molecule has 0 aliphatic rings. The van der Waals surface area contributed by atoms with Gasteiger partial charge in [0.2, 0.25) is 0 Å². The Morgan fingerprint density at radius 3 is 2.32 bits per heavy atom. The van der Waals surface area contributed by atoms with Gasteiger partial charge in [0, 0.05) is 6.20 Å². The van der Waals surface area contributed by atoms with Gasteiger partial charge in [-0.3, -0.25) is 0 Å². The molecular weight excluding hydrogens is 416 g/mol. The highest BCUT2D eigenvalue weighted by atomic mass is 35.5. The van der Waals surface area contributed by atoms with Gasteiger partial charge in [0.15, 0.2) is 6.61 Å². The van der Waals surface area contributed by atoms with Crippen LogP contribution < -0.4 is 4.74 Å². The summed E-state index contributed by atoms with van der Waals surface area (Å²) in [6.45, 7) is -0.368. The lowest BCUT2D eigenvalue weighted by molar-refractivity contribution is -0.138. The maximum absolute atomic E-state index is 12.7. The number of rotatable bonds is 4. The van der Waals surface area contributed by atoms with Gasteiger partial charge in [-0.1, -0.05) is 17.7 Å². The largest absolute Gasteiger partial charge is 0.484 e. The fourth-order valence-electron chi connectivity index (χ4n) is 2.07. The molecule has 0 N–H and O–H groups in total. The highest BCUT2D eigenvalue weighted by Gasteiger charge is 2.32. The number of hydrogen-bond donors (Lipinski definition) is 0. The van der Waals surface area contributed by atoms with Crippen LogP contribution in [0.3, 0.4) is 0 Å². The summed E-state index contributed by atoms with van der Waals surface area (Å²) >= 11 is 5.78. The summed E-state index contributed by atoms with van der Waals surface area (Å²) in [7, 11) is 0. The summed E-state index contributed by atoms with van der Waals surface area (Å²) in [5.74, 6) is -0.480. The molecule has 0 aliphatic carbocycles. The lowest BCUT2D eigenvalue weighted by Gasteiger charge is -2.09. The Morgan fingerprint density at radius 2 is 1.68 bits per heavy atom. The lowest BCUT2D eigenvalue weighted by Crippen LogP contribution is -2.05. The average molecular weight is 424 g/mol. The predicted octanol–water partition coefficient (Wildman–Crippen LogP) is 5.40. The molecule has 0 atom stereocenters. The van der Waals surface area contributed by atoms with Gasteiger partial charge in [-0.15, -0.1) is 10.2 Å². The zero-order chi connectivity index (χ0) is 20.5. The van der Waals surface area contributed by atoms with Crippen LogP contribution in [0.4, 0.5) is 26.3 Å². The quantitative estimate of drug-likeness (QED) is 0.526. The summed E-state index contributed by atoms with van der Waals surface area (Å²) in [4.78, 5) is 3.57. The average Bonchev–Trinajstić information content (AvgIpc) is 3.07. The van der Waals surface area contributed by atoms with Crippen LogP contribution in [-0.4, -0.2) is 15.2 Å². The summed E-state index contributed by atoms with van der Waals surface area (Å²) < 4.78 is 86.3. The number of hydrogen-bond acceptors (Lipinski definition) is 5. The number of aromatic nitrogens is 3. The van der Waals surface area contributed by atoms with E-state index in [-0.39, 0.29) is 34.9 Å². The fraction of sp³-hybridized carbons (Fsp3) is 0.188. The smallest absolute Gasteiger partial charge is 0.417 e. The van der Waals surface area contributed by atoms with E-state index >= 15 is 0 Å². The second kappa shape index (κ2) is 7.30. The second-order valence-electron chi connectivity index (χ2n) is 5.37. The van der Waals surface area contributed by atoms with Crippen molar-refractivity contribution < 1.29 is 35.5 Å². The van der Waals surface area contributed by atoms with Crippen molar-refractivity contribution in [2.75, 3.05) is 0 Å². The van der Waals surface area contributed by atoms with Crippen LogP contribution >= 0.6 is 11.6 Å². The van der Waals surface area contributed by atoms with Crippen LogP contribution in [0.1, 0.15) is 17.0 Å². The van der Waals surface area contributed by atoms with Gasteiger partial charge in [0.05, 0.1) is 16.1 Å². The topological polar surface area (TPSA) is 61.0 Å². The van der Waals surface area contributed by atoms with Crippen molar-refractivity contribution in [1.29, 1.82) is 0 Å². The Kier molecular flexibility index (Phi) is 5.20. The van der Waals surface area contributed by atoms with Gasteiger partial charge in [0.1, 0.15) is 11.4 Å². The van der Waals surface area contributed by atoms with Crippen molar-refractivity contribution in [3.05, 3.63) is 58.6 Å². The minimum Gasteiger partial charge on any atom is -0.484 e. The van der Waals surface area contributed by atoms with E-state index < -0.39 is 23.5 Å². The number of halogens is 7. The first-order chi connectivity index (χ1) is 13.0. The molecular formula is C16H8ClF6N3O2. The summed E-state index contributed by atoms with van der Waals surface area (Å²) in [6, 6.07) is 4.82. The monoisotopic (exact) mass is 423 g/mol. The standard InChI is InChI=1S/C16H8ClF6N3O2/c17-11-5-9(16(21,22)23)6-24-13(11)14-26-25-12(28-14)7-27-10-3-1-2-8(4-10)15(18,19)20/h1-6H,7H2. The predicted molar refractivity (Wildman–Crippen MR) is 83.3 cm³/mol. The number of benzene rings is 1. The van der Waals surface area contributed by atoms with Crippen LogP contribution in [0.5, 0.6) is 5.75 Å². The Morgan fingerprint density at radius 1 is 0.964 bits per heavy atom. The van der Waals surface area contributed by atoms with Crippen molar-refractivity contribution in [3.63, 3.8) is 0 Å². The van der Waals surface area contributed by atoms with E-state index in [1.165, 1.54) is 12.1 Å². The van der Waals surface area contributed by atoms with E-state index in [1.54, 1.807) is 0 Å². The van der Waals surface area contributed by atoms with E-state index in [9.17, 15) is 26.3 Å². The highest BCUT2D eigenvalue weighted by Crippen LogP contribution is 2.34. The normalized spacial score (nSPS) is 12.2. The highest BCUT2D eigenvalue weighted by molar-refractivity contribution is 6.32. The Hall–Kier alpha value is -2.82. The second-order valence-corrected chi connectivity index (χ2v) is 5.77. The molecule has 5 nitrogen and oxygen atoms in total. The van der Waals surface area contributed by atoms with Crippen molar-refractivity contribution in [2.45, 2.75) is 19.0 Å². The number of nitrogens with zero attached hydrogens (tertiary/aromatic N) is 3. The minimum atomic E-state index is -4.62. The molecule has 1 aromatic carbocycles. The van der Waals surface area contributed by atoms with Crippen LogP contribution in [0.15, 0.2) is 40.9 Å². The summed E-state index contributed by atoms with van der Waals surface area (Å²) in [6.07, 6.45) is -8.58. The van der Waals surface area contributed by atoms with Crippen molar-refractivity contribution in [3.8, 4) is 17.3 Å². The molecule has 2 heterocycles. The molecule has 12 heteroatoms. The molecule has 3 aromatic rings. The third kappa shape index (κ3) is 4.53. The van der Waals surface area contributed by atoms with Crippen molar-refractivity contribution >= 4 is 11.6 Å². The summed E-state index contributed by atoms with van der Waals surface area (Å²) in [5, 5.41) is 6.85. The molecule has 0 saturated carbocycles. The van der Waals surface area contributed by atoms with Crippen LogP contribution in [-0.2, 0) is 19.0 Å². The van der Waals surface area contributed by atoms with Crippen molar-refractivity contribution in [2.24, 2.45) is 0 Å². The van der Waals surface area contributed by atoms with Gasteiger partial charge < -0.3 is 9.15 Å². The van der Waals surface area contributed by atoms with Gasteiger partial charge in [-0.05, 0) is 24.3 Å². The van der Waals surface area contributed by atoms with Gasteiger partial charge >= 0.3 is 12.4 Å². The fourth-order valence-corrected chi connectivity index (χ4v) is 2.31. The van der Waals surface area contributed by atoms with Gasteiger partial charge in [-0.2, -0.15) is 26.3 Å². The van der Waals surface area contributed by atoms with Gasteiger partial charge in [0.25, 0.3) is 11.8 Å². The molecule has 0 aliphatic heterocycles. The molecule has 0 fully saturated rings. The van der Waals surface area contributed by atoms with Crippen molar-refractivity contribution in [1.82, 2.24) is 15.2 Å². The Balaban J connectivity index is 1.73. The SMILES string of the molecule is FC(F)(F)c1cccc(OCc2nnc(-c3ncc(C(F)(F)F)cc3Cl)o2)c1. The molecule has 0 radical (unpaired) electrons. The number of ether oxygens (including phenoxy) is 1. The minimum absolute atomic E-state index is 0.0831. The van der Waals surface area contributed by atoms with Crippen LogP contribution in [0, 0.1) is 0 Å². The van der Waals surface area contributed by atoms with E-state index in [2.05, 4.69) is 15.2 Å². The van der Waals surface area contributed by atoms with E-state index in [0.717, 1.165) is 12.1 Å². The van der Waals surface area contributed by atoms with Crippen LogP contribution in [0.2, 0.25) is 5.02 Å². The Labute approximate surface area is 157 Å². The third-order valence-electron chi connectivity index (χ3n) is 3.36. The maximum atomic E-state index is 12.7. The number of alkyl halides is 6. The summed E-state index contributed by atoms with van der Waals surface area (Å²) in [5.41, 5.74) is -2.11. The molecule has 2 aromatic heterocycles. The number of pyridine rings is 1. The first-order valence-corrected chi connectivity index (χ1v) is 7.77. The molecule has 0 amide bonds. The van der Waals surface area contributed by atoms with E-state index in [1.807, 2.05) is 0 Å². The van der Waals surface area contributed by atoms with E-state index in [4.69, 9.17) is 20.8 Å². The molecule has 0 saturated heterocycles. The lowest BCUT2D eigenvalue weighted by atomic mass is 10.2. The molecule has 0 spiro atoms. The van der Waals surface area contributed by atoms with Gasteiger partial charge in [-0.25, -0.2) is 4.98 Å². The molecule has 3 rings (SSSR count). The first-order valence-electron chi connectivity index (χ1n) is 7.39. The van der Waals surface area contributed by atoms with E-state index in [0.29, 0.717) is 12.3 Å². The zero-order valence-corrected chi connectivity index (χ0v) is 14.2.